The third-order valence-electron chi connectivity index (χ3n) is 3.16. The second kappa shape index (κ2) is 3.43. The number of fused-ring (bicyclic) bond motifs is 3. The minimum Gasteiger partial charge on any atom is -0.366 e. The maximum Gasteiger partial charge on any atom is 0.139 e. The van der Waals surface area contributed by atoms with Gasteiger partial charge in [0.1, 0.15) is 11.9 Å². The topological polar surface area (TPSA) is 40.3 Å². The van der Waals surface area contributed by atoms with Crippen LogP contribution < -0.4 is 10.6 Å². The van der Waals surface area contributed by atoms with Crippen molar-refractivity contribution in [1.29, 1.82) is 0 Å². The van der Waals surface area contributed by atoms with Crippen molar-refractivity contribution in [3.63, 3.8) is 0 Å². The van der Waals surface area contributed by atoms with Gasteiger partial charge in [0.25, 0.3) is 0 Å². The number of hydrazine groups is 1. The van der Waals surface area contributed by atoms with Crippen molar-refractivity contribution in [1.82, 2.24) is 10.4 Å². The Bertz CT molecular complexity index is 752. The van der Waals surface area contributed by atoms with E-state index in [-0.39, 0.29) is 0 Å². The number of aromatic amines is 1. The molecule has 0 atom stereocenters. The van der Waals surface area contributed by atoms with Crippen LogP contribution in [0.5, 0.6) is 0 Å². The van der Waals surface area contributed by atoms with E-state index in [1.807, 2.05) is 18.2 Å². The molecule has 4 heteroatoms. The first-order valence-electron chi connectivity index (χ1n) is 5.81. The van der Waals surface area contributed by atoms with Gasteiger partial charge in [-0.25, -0.2) is 0 Å². The first-order chi connectivity index (χ1) is 8.93. The zero-order valence-electron chi connectivity index (χ0n) is 9.55. The summed E-state index contributed by atoms with van der Waals surface area (Å²) in [5, 5.41) is 4.06. The third kappa shape index (κ3) is 1.20. The van der Waals surface area contributed by atoms with E-state index >= 15 is 0 Å². The van der Waals surface area contributed by atoms with E-state index < -0.39 is 0 Å². The molecular weight excluding hydrogens is 226 g/mol. The van der Waals surface area contributed by atoms with Crippen molar-refractivity contribution in [3.05, 3.63) is 54.9 Å². The highest BCUT2D eigenvalue weighted by atomic mass is 16.7. The molecule has 0 bridgehead atoms. The number of para-hydroxylation sites is 2. The van der Waals surface area contributed by atoms with Crippen LogP contribution in [0.1, 0.15) is 0 Å². The Hall–Kier alpha value is -2.62. The van der Waals surface area contributed by atoms with Crippen molar-refractivity contribution < 1.29 is 4.84 Å². The molecular formula is C14H11N3O. The molecule has 0 unspecified atom stereocenters. The van der Waals surface area contributed by atoms with Crippen LogP contribution in [0.2, 0.25) is 0 Å². The SMILES string of the molecule is C1=CON(c2cccc3c2[nH]c2ccccc23)N1. The second-order valence-electron chi connectivity index (χ2n) is 4.20. The fraction of sp³-hybridized carbons (Fsp3) is 0. The molecule has 0 saturated heterocycles. The number of nitrogens with one attached hydrogen (secondary N) is 2. The van der Waals surface area contributed by atoms with Gasteiger partial charge in [-0.2, -0.15) is 0 Å². The number of aromatic nitrogens is 1. The molecule has 0 fully saturated rings. The Labute approximate surface area is 103 Å². The average Bonchev–Trinajstić information content (AvgIpc) is 3.05. The van der Waals surface area contributed by atoms with Gasteiger partial charge in [0.15, 0.2) is 0 Å². The van der Waals surface area contributed by atoms with Gasteiger partial charge in [-0.3, -0.25) is 5.43 Å². The lowest BCUT2D eigenvalue weighted by atomic mass is 10.1. The normalized spacial score (nSPS) is 14.1. The fourth-order valence-electron chi connectivity index (χ4n) is 2.37. The molecule has 3 aromatic rings. The van der Waals surface area contributed by atoms with Crippen LogP contribution in [0, 0.1) is 0 Å². The summed E-state index contributed by atoms with van der Waals surface area (Å²) < 4.78 is 0. The number of benzene rings is 2. The molecule has 1 aromatic heterocycles. The quantitative estimate of drug-likeness (QED) is 0.683. The van der Waals surface area contributed by atoms with Gasteiger partial charge in [-0.1, -0.05) is 30.3 Å². The van der Waals surface area contributed by atoms with E-state index in [4.69, 9.17) is 4.84 Å². The summed E-state index contributed by atoms with van der Waals surface area (Å²) in [5.74, 6) is 0. The van der Waals surface area contributed by atoms with Gasteiger partial charge in [0.05, 0.1) is 11.7 Å². The van der Waals surface area contributed by atoms with E-state index in [0.29, 0.717) is 0 Å². The fourth-order valence-corrected chi connectivity index (χ4v) is 2.37. The maximum absolute atomic E-state index is 5.36. The van der Waals surface area contributed by atoms with Crippen molar-refractivity contribution in [2.75, 3.05) is 5.17 Å². The highest BCUT2D eigenvalue weighted by Gasteiger charge is 2.15. The average molecular weight is 237 g/mol. The summed E-state index contributed by atoms with van der Waals surface area (Å²) in [7, 11) is 0. The molecule has 0 radical (unpaired) electrons. The lowest BCUT2D eigenvalue weighted by molar-refractivity contribution is 0.222. The van der Waals surface area contributed by atoms with Gasteiger partial charge >= 0.3 is 0 Å². The van der Waals surface area contributed by atoms with Crippen molar-refractivity contribution in [2.24, 2.45) is 0 Å². The molecule has 2 aromatic carbocycles. The minimum atomic E-state index is 0.966. The lowest BCUT2D eigenvalue weighted by Crippen LogP contribution is -2.27. The van der Waals surface area contributed by atoms with Crippen LogP contribution in [-0.4, -0.2) is 4.98 Å². The van der Waals surface area contributed by atoms with Gasteiger partial charge in [-0.05, 0) is 12.1 Å². The summed E-state index contributed by atoms with van der Waals surface area (Å²) in [5.41, 5.74) is 6.18. The third-order valence-corrected chi connectivity index (χ3v) is 3.16. The number of nitrogens with zero attached hydrogens (tertiary/aromatic N) is 1. The predicted octanol–water partition coefficient (Wildman–Crippen LogP) is 3.05. The van der Waals surface area contributed by atoms with Crippen molar-refractivity contribution in [3.8, 4) is 0 Å². The molecule has 0 amide bonds. The van der Waals surface area contributed by atoms with E-state index in [1.54, 1.807) is 17.6 Å². The van der Waals surface area contributed by atoms with Crippen LogP contribution in [-0.2, 0) is 4.84 Å². The summed E-state index contributed by atoms with van der Waals surface area (Å²) in [6.07, 6.45) is 3.36. The Morgan fingerprint density at radius 3 is 2.72 bits per heavy atom. The smallest absolute Gasteiger partial charge is 0.139 e. The van der Waals surface area contributed by atoms with Gasteiger partial charge in [0, 0.05) is 16.3 Å². The van der Waals surface area contributed by atoms with Crippen LogP contribution in [0.3, 0.4) is 0 Å². The molecule has 2 heterocycles. The summed E-state index contributed by atoms with van der Waals surface area (Å²) >= 11 is 0. The molecule has 0 saturated carbocycles. The predicted molar refractivity (Wildman–Crippen MR) is 71.6 cm³/mol. The van der Waals surface area contributed by atoms with Crippen LogP contribution in [0.25, 0.3) is 21.8 Å². The van der Waals surface area contributed by atoms with E-state index in [0.717, 1.165) is 16.7 Å². The second-order valence-corrected chi connectivity index (χ2v) is 4.20. The van der Waals surface area contributed by atoms with Gasteiger partial charge < -0.3 is 9.82 Å². The number of H-pyrrole nitrogens is 1. The standard InChI is InChI=1S/C14H11N3O/c1-2-6-12-10(4-1)11-5-3-7-13(14(11)16-12)17-15-8-9-18-17/h1-9,15-16H. The largest absolute Gasteiger partial charge is 0.366 e. The zero-order chi connectivity index (χ0) is 11.9. The summed E-state index contributed by atoms with van der Waals surface area (Å²) in [6, 6.07) is 14.4. The van der Waals surface area contributed by atoms with E-state index in [2.05, 4.69) is 34.7 Å². The molecule has 2 N–H and O–H groups in total. The lowest BCUT2D eigenvalue weighted by Gasteiger charge is -2.16. The van der Waals surface area contributed by atoms with Crippen molar-refractivity contribution >= 4 is 27.5 Å². The monoisotopic (exact) mass is 237 g/mol. The zero-order valence-corrected chi connectivity index (χ0v) is 9.55. The first-order valence-corrected chi connectivity index (χ1v) is 5.81. The van der Waals surface area contributed by atoms with Crippen molar-refractivity contribution in [2.45, 2.75) is 0 Å². The molecule has 1 aliphatic rings. The molecule has 0 aliphatic carbocycles. The van der Waals surface area contributed by atoms with Gasteiger partial charge in [-0.15, -0.1) is 5.17 Å². The summed E-state index contributed by atoms with van der Waals surface area (Å²) in [6.45, 7) is 0. The summed E-state index contributed by atoms with van der Waals surface area (Å²) in [4.78, 5) is 8.80. The number of hydrogen-bond acceptors (Lipinski definition) is 3. The van der Waals surface area contributed by atoms with Crippen LogP contribution in [0.15, 0.2) is 54.9 Å². The molecule has 88 valence electrons. The van der Waals surface area contributed by atoms with E-state index in [9.17, 15) is 0 Å². The Morgan fingerprint density at radius 1 is 0.944 bits per heavy atom. The van der Waals surface area contributed by atoms with Crippen LogP contribution in [0.4, 0.5) is 5.69 Å². The van der Waals surface area contributed by atoms with Gasteiger partial charge in [0.2, 0.25) is 0 Å². The molecule has 1 aliphatic heterocycles. The Kier molecular flexibility index (Phi) is 1.80. The number of hydrogen-bond donors (Lipinski definition) is 2. The van der Waals surface area contributed by atoms with E-state index in [1.165, 1.54) is 10.8 Å². The Morgan fingerprint density at radius 2 is 1.83 bits per heavy atom. The van der Waals surface area contributed by atoms with Crippen LogP contribution >= 0.6 is 0 Å². The highest BCUT2D eigenvalue weighted by Crippen LogP contribution is 2.32. The minimum absolute atomic E-state index is 0.966. The molecule has 4 rings (SSSR count). The number of rotatable bonds is 1. The molecule has 18 heavy (non-hydrogen) atoms. The number of anilines is 1. The molecule has 4 nitrogen and oxygen atoms in total. The first kappa shape index (κ1) is 9.41. The Balaban J connectivity index is 2.03. The maximum atomic E-state index is 5.36. The molecule has 0 spiro atoms. The highest BCUT2D eigenvalue weighted by molar-refractivity contribution is 6.11.